The fourth-order valence-electron chi connectivity index (χ4n) is 3.46. The van der Waals surface area contributed by atoms with E-state index >= 15 is 4.39 Å². The van der Waals surface area contributed by atoms with Crippen LogP contribution in [0.2, 0.25) is 20.4 Å². The van der Waals surface area contributed by atoms with Crippen LogP contribution in [0.3, 0.4) is 0 Å². The van der Waals surface area contributed by atoms with Gasteiger partial charge in [0.2, 0.25) is 5.91 Å². The average molecular weight is 417 g/mol. The van der Waals surface area contributed by atoms with E-state index in [0.29, 0.717) is 0 Å². The largest absolute Gasteiger partial charge is 0.478 e. The molecule has 1 aliphatic rings. The van der Waals surface area contributed by atoms with E-state index in [4.69, 9.17) is 87.0 Å². The topological polar surface area (TPSA) is 58.6 Å². The van der Waals surface area contributed by atoms with E-state index in [2.05, 4.69) is 5.32 Å². The molecule has 2 rings (SSSR count). The maximum atomic E-state index is 15.0. The zero-order valence-corrected chi connectivity index (χ0v) is 17.4. The first-order valence-corrected chi connectivity index (χ1v) is 9.04. The van der Waals surface area contributed by atoms with Gasteiger partial charge < -0.3 is 15.0 Å². The number of nitrogens with zero attached hydrogens (tertiary/aromatic N) is 1. The molecule has 5 nitrogen and oxygen atoms in total. The van der Waals surface area contributed by atoms with Crippen molar-refractivity contribution in [3.63, 3.8) is 0 Å². The van der Waals surface area contributed by atoms with Gasteiger partial charge in [0.15, 0.2) is 18.2 Å². The summed E-state index contributed by atoms with van der Waals surface area (Å²) in [5.74, 6) is -2.83. The first-order chi connectivity index (χ1) is 13.8. The number of carbonyl (C=O) groups is 2. The molecule has 0 spiro atoms. The van der Waals surface area contributed by atoms with Crippen LogP contribution in [-0.4, -0.2) is 96.1 Å². The van der Waals surface area contributed by atoms with Gasteiger partial charge in [0.1, 0.15) is 0 Å². The molecule has 0 saturated carbocycles. The molecule has 1 aliphatic heterocycles. The number of rotatable bonds is 6. The van der Waals surface area contributed by atoms with E-state index in [1.807, 2.05) is 0 Å². The van der Waals surface area contributed by atoms with E-state index in [1.165, 1.54) is 13.1 Å². The highest BCUT2D eigenvalue weighted by Crippen LogP contribution is 2.63. The quantitative estimate of drug-likeness (QED) is 0.598. The van der Waals surface area contributed by atoms with Crippen LogP contribution in [0.25, 0.3) is 0 Å². The van der Waals surface area contributed by atoms with Gasteiger partial charge in [-0.1, -0.05) is 17.0 Å². The molecule has 138 valence electrons. The second-order valence-electron chi connectivity index (χ2n) is 7.57. The zero-order valence-electron chi connectivity index (χ0n) is 16.6. The predicted octanol–water partition coefficient (Wildman–Crippen LogP) is -1.11. The number of hydrogen-bond donors (Lipinski definition) is 1. The summed E-state index contributed by atoms with van der Waals surface area (Å²) in [5, 5.41) is -5.47. The lowest BCUT2D eigenvalue weighted by Crippen LogP contribution is -2.58. The van der Waals surface area contributed by atoms with E-state index < -0.39 is 57.1 Å². The van der Waals surface area contributed by atoms with Crippen LogP contribution in [0.5, 0.6) is 5.75 Å². The molecule has 0 aliphatic carbocycles. The summed E-state index contributed by atoms with van der Waals surface area (Å²) >= 11 is 6.09. The zero-order chi connectivity index (χ0) is 24.2. The highest BCUT2D eigenvalue weighted by molar-refractivity contribution is 6.69. The summed E-state index contributed by atoms with van der Waals surface area (Å²) in [6, 6.07) is 1.22. The molecule has 0 aromatic heterocycles. The Labute approximate surface area is 197 Å². The van der Waals surface area contributed by atoms with Crippen molar-refractivity contribution in [2.45, 2.75) is 21.8 Å². The van der Waals surface area contributed by atoms with Crippen LogP contribution in [0.15, 0.2) is 6.07 Å². The number of anilines is 2. The second kappa shape index (κ2) is 8.28. The van der Waals surface area contributed by atoms with Crippen LogP contribution < -0.4 is 15.0 Å². The molecule has 1 heterocycles. The summed E-state index contributed by atoms with van der Waals surface area (Å²) in [6.45, 7) is -0.416. The molecule has 1 N–H and O–H groups in total. The molecular formula is C15H9B9ClFN2O3. The number of halogens is 2. The molecular weight excluding hydrogens is 408 g/mol. The number of carbonyl (C=O) groups excluding carboxylic acids is 2. The minimum Gasteiger partial charge on any atom is -0.478 e. The maximum Gasteiger partial charge on any atom is 0.264 e. The molecule has 18 radical (unpaired) electrons. The number of likely N-dealkylation sites (N-methyl/N-ethyl adjacent to an activating group) is 1. The summed E-state index contributed by atoms with van der Waals surface area (Å²) in [5.41, 5.74) is -2.85. The van der Waals surface area contributed by atoms with Crippen molar-refractivity contribution >= 4 is 105 Å². The molecule has 0 saturated heterocycles. The Morgan fingerprint density at radius 3 is 2.06 bits per heavy atom. The highest BCUT2D eigenvalue weighted by Gasteiger charge is 2.54. The predicted molar refractivity (Wildman–Crippen MR) is 126 cm³/mol. The summed E-state index contributed by atoms with van der Waals surface area (Å²) < 4.78 is 20.1. The molecule has 1 aromatic rings. The van der Waals surface area contributed by atoms with Gasteiger partial charge in [0.25, 0.3) is 5.91 Å². The Morgan fingerprint density at radius 2 is 1.61 bits per heavy atom. The number of hydrogen-bond acceptors (Lipinski definition) is 3. The number of nitrogens with one attached hydrogen (secondary N) is 1. The lowest BCUT2D eigenvalue weighted by atomic mass is 9.09. The van der Waals surface area contributed by atoms with Gasteiger partial charge in [-0.2, -0.15) is 0 Å². The van der Waals surface area contributed by atoms with Crippen molar-refractivity contribution < 1.29 is 18.7 Å². The lowest BCUT2D eigenvalue weighted by molar-refractivity contribution is -0.121. The van der Waals surface area contributed by atoms with Crippen molar-refractivity contribution in [3.8, 4) is 5.75 Å². The Kier molecular flexibility index (Phi) is 6.95. The normalized spacial score (nSPS) is 15.2. The smallest absolute Gasteiger partial charge is 0.264 e. The van der Waals surface area contributed by atoms with Gasteiger partial charge in [0.05, 0.1) is 87.0 Å². The van der Waals surface area contributed by atoms with E-state index in [9.17, 15) is 9.59 Å². The third-order valence-electron chi connectivity index (χ3n) is 5.14. The average Bonchev–Trinajstić information content (AvgIpc) is 2.56. The van der Waals surface area contributed by atoms with Gasteiger partial charge in [-0.25, -0.2) is 4.39 Å². The van der Waals surface area contributed by atoms with E-state index in [-0.39, 0.29) is 16.5 Å². The first kappa shape index (κ1) is 26.0. The van der Waals surface area contributed by atoms with Gasteiger partial charge in [-0.15, -0.1) is 15.3 Å². The number of benzene rings is 1. The number of fused-ring (bicyclic) bond motifs is 1. The SMILES string of the molecule is [B]C([B])([B])C(CC(=O)Nc1c(Cl)cc2c(c1F)OCC(=O)N2C)(C([B])([B])[B])C([B])([B])[B]. The van der Waals surface area contributed by atoms with Crippen molar-refractivity contribution in [3.05, 3.63) is 16.9 Å². The van der Waals surface area contributed by atoms with Crippen molar-refractivity contribution in [1.29, 1.82) is 0 Å². The summed E-state index contributed by atoms with van der Waals surface area (Å²) in [4.78, 5) is 25.7. The Bertz CT molecular complexity index is 879. The van der Waals surface area contributed by atoms with Crippen LogP contribution in [-0.2, 0) is 9.59 Å². The molecule has 0 bridgehead atoms. The molecule has 16 heteroatoms. The van der Waals surface area contributed by atoms with Crippen LogP contribution >= 0.6 is 11.6 Å². The molecule has 31 heavy (non-hydrogen) atoms. The molecule has 0 unspecified atom stereocenters. The third-order valence-corrected chi connectivity index (χ3v) is 5.44. The minimum absolute atomic E-state index is 0.0609. The summed E-state index contributed by atoms with van der Waals surface area (Å²) in [7, 11) is 53.1. The van der Waals surface area contributed by atoms with Crippen LogP contribution in [0.1, 0.15) is 6.42 Å². The molecule has 2 amide bonds. The van der Waals surface area contributed by atoms with E-state index in [1.54, 1.807) is 0 Å². The van der Waals surface area contributed by atoms with Crippen molar-refractivity contribution in [2.24, 2.45) is 5.41 Å². The first-order valence-electron chi connectivity index (χ1n) is 8.66. The van der Waals surface area contributed by atoms with Gasteiger partial charge in [-0.3, -0.25) is 9.59 Å². The fourth-order valence-corrected chi connectivity index (χ4v) is 3.70. The highest BCUT2D eigenvalue weighted by atomic mass is 35.5. The molecule has 0 atom stereocenters. The van der Waals surface area contributed by atoms with Gasteiger partial charge in [0, 0.05) is 13.5 Å². The van der Waals surface area contributed by atoms with E-state index in [0.717, 1.165) is 4.90 Å². The second-order valence-corrected chi connectivity index (χ2v) is 7.97. The fraction of sp³-hybridized carbons (Fsp3) is 0.467. The molecule has 0 fully saturated rings. The van der Waals surface area contributed by atoms with Gasteiger partial charge in [-0.05, 0) is 6.07 Å². The van der Waals surface area contributed by atoms with Crippen LogP contribution in [0.4, 0.5) is 15.8 Å². The minimum atomic E-state index is -2.47. The number of amides is 2. The Morgan fingerprint density at radius 1 is 1.13 bits per heavy atom. The Balaban J connectivity index is 2.49. The standard InChI is InChI=1S/C15H9B9ClFN2O3/c1-28-6-2-5(25)10(9(26)11(6)31-4-8(28)30)27-7(29)3-12(13(16,17)18,14(19,20)21)15(22,23)24/h2H,3-4H2,1H3,(H,27,29). The van der Waals surface area contributed by atoms with Gasteiger partial charge >= 0.3 is 0 Å². The van der Waals surface area contributed by atoms with Crippen molar-refractivity contribution in [2.75, 3.05) is 23.9 Å². The van der Waals surface area contributed by atoms with Crippen molar-refractivity contribution in [1.82, 2.24) is 0 Å². The Hall–Kier alpha value is -1.24. The lowest BCUT2D eigenvalue weighted by Gasteiger charge is -2.65. The molecule has 1 aromatic carbocycles. The van der Waals surface area contributed by atoms with Crippen LogP contribution in [0, 0.1) is 11.2 Å². The number of ether oxygens (including phenoxy) is 1. The third kappa shape index (κ3) is 4.49. The maximum absolute atomic E-state index is 15.0. The summed E-state index contributed by atoms with van der Waals surface area (Å²) in [6.07, 6.45) is -0.935. The monoisotopic (exact) mass is 418 g/mol.